The van der Waals surface area contributed by atoms with Gasteiger partial charge in [-0.05, 0) is 5.92 Å². The van der Waals surface area contributed by atoms with Gasteiger partial charge in [-0.25, -0.2) is 5.48 Å². The van der Waals surface area contributed by atoms with Crippen LogP contribution >= 0.6 is 0 Å². The Morgan fingerprint density at radius 1 is 1.45 bits per heavy atom. The summed E-state index contributed by atoms with van der Waals surface area (Å²) < 4.78 is 0. The fourth-order valence-electron chi connectivity index (χ4n) is 0.746. The fourth-order valence-corrected chi connectivity index (χ4v) is 0.746. The van der Waals surface area contributed by atoms with Gasteiger partial charge < -0.3 is 0 Å². The summed E-state index contributed by atoms with van der Waals surface area (Å²) in [5.74, 6) is -0.531. The van der Waals surface area contributed by atoms with E-state index in [-0.39, 0.29) is 18.1 Å². The van der Waals surface area contributed by atoms with Crippen LogP contribution in [0.4, 0.5) is 0 Å². The minimum atomic E-state index is -0.643. The van der Waals surface area contributed by atoms with E-state index in [1.807, 2.05) is 13.8 Å². The van der Waals surface area contributed by atoms with E-state index in [0.29, 0.717) is 6.42 Å². The number of hydrogen-bond acceptors (Lipinski definition) is 3. The second-order valence-corrected chi connectivity index (χ2v) is 2.85. The zero-order chi connectivity index (χ0) is 8.85. The van der Waals surface area contributed by atoms with E-state index in [9.17, 15) is 9.59 Å². The molecule has 0 atom stereocenters. The number of hydrogen-bond donors (Lipinski definition) is 2. The van der Waals surface area contributed by atoms with Gasteiger partial charge in [0.15, 0.2) is 0 Å². The van der Waals surface area contributed by atoms with E-state index in [0.717, 1.165) is 0 Å². The molecule has 0 bridgehead atoms. The summed E-state index contributed by atoms with van der Waals surface area (Å²) in [5, 5.41) is 8.07. The number of hydroxylamine groups is 1. The third-order valence-corrected chi connectivity index (χ3v) is 1.12. The monoisotopic (exact) mass is 159 g/mol. The van der Waals surface area contributed by atoms with Crippen LogP contribution < -0.4 is 5.48 Å². The smallest absolute Gasteiger partial charge is 0.250 e. The Bertz CT molecular complexity index is 154. The quantitative estimate of drug-likeness (QED) is 0.356. The van der Waals surface area contributed by atoms with Gasteiger partial charge in [0.1, 0.15) is 5.78 Å². The van der Waals surface area contributed by atoms with E-state index in [2.05, 4.69) is 0 Å². The summed E-state index contributed by atoms with van der Waals surface area (Å²) in [6, 6.07) is 0. The van der Waals surface area contributed by atoms with Crippen LogP contribution in [0.5, 0.6) is 0 Å². The standard InChI is InChI=1S/C7H13NO3/c1-5(2)3-6(9)4-7(10)8-11/h5,11H,3-4H2,1-2H3,(H,8,10). The molecule has 0 saturated heterocycles. The molecular formula is C7H13NO3. The predicted octanol–water partition coefficient (Wildman–Crippen LogP) is 0.497. The molecule has 1 amide bonds. The Morgan fingerprint density at radius 3 is 2.36 bits per heavy atom. The van der Waals surface area contributed by atoms with Crippen molar-refractivity contribution in [2.75, 3.05) is 0 Å². The van der Waals surface area contributed by atoms with Crippen LogP contribution in [0, 0.1) is 5.92 Å². The highest BCUT2D eigenvalue weighted by atomic mass is 16.5. The molecule has 0 fully saturated rings. The van der Waals surface area contributed by atoms with Crippen LogP contribution in [0.1, 0.15) is 26.7 Å². The number of amides is 1. The Balaban J connectivity index is 3.61. The highest BCUT2D eigenvalue weighted by Crippen LogP contribution is 2.01. The molecule has 4 nitrogen and oxygen atoms in total. The van der Waals surface area contributed by atoms with Crippen molar-refractivity contribution in [1.29, 1.82) is 0 Å². The summed E-state index contributed by atoms with van der Waals surface area (Å²) in [5.41, 5.74) is 1.41. The van der Waals surface area contributed by atoms with Gasteiger partial charge in [-0.2, -0.15) is 0 Å². The molecule has 11 heavy (non-hydrogen) atoms. The van der Waals surface area contributed by atoms with Crippen LogP contribution in [-0.4, -0.2) is 16.9 Å². The van der Waals surface area contributed by atoms with Crippen molar-refractivity contribution in [2.24, 2.45) is 5.92 Å². The first-order valence-corrected chi connectivity index (χ1v) is 3.51. The Kier molecular flexibility index (Phi) is 4.45. The SMILES string of the molecule is CC(C)CC(=O)CC(=O)NO. The minimum absolute atomic E-state index is 0.147. The number of Topliss-reactive ketones (excluding diaryl/α,β-unsaturated/α-hetero) is 1. The van der Waals surface area contributed by atoms with E-state index in [4.69, 9.17) is 5.21 Å². The first-order chi connectivity index (χ1) is 5.06. The van der Waals surface area contributed by atoms with Gasteiger partial charge in [-0.15, -0.1) is 0 Å². The molecule has 4 heteroatoms. The van der Waals surface area contributed by atoms with Crippen molar-refractivity contribution in [3.8, 4) is 0 Å². The van der Waals surface area contributed by atoms with Gasteiger partial charge >= 0.3 is 0 Å². The molecule has 0 aromatic carbocycles. The molecule has 0 aliphatic carbocycles. The lowest BCUT2D eigenvalue weighted by Gasteiger charge is -2.01. The maximum atomic E-state index is 10.9. The molecule has 0 saturated carbocycles. The highest BCUT2D eigenvalue weighted by molar-refractivity contribution is 5.97. The van der Waals surface area contributed by atoms with Crippen molar-refractivity contribution in [2.45, 2.75) is 26.7 Å². The molecule has 0 aliphatic rings. The molecule has 0 aromatic heterocycles. The molecule has 0 rings (SSSR count). The van der Waals surface area contributed by atoms with E-state index >= 15 is 0 Å². The number of carbonyl (C=O) groups excluding carboxylic acids is 2. The number of carbonyl (C=O) groups is 2. The van der Waals surface area contributed by atoms with E-state index in [1.165, 1.54) is 5.48 Å². The lowest BCUT2D eigenvalue weighted by Crippen LogP contribution is -2.22. The van der Waals surface area contributed by atoms with Gasteiger partial charge in [-0.3, -0.25) is 14.8 Å². The normalized spacial score (nSPS) is 9.82. The van der Waals surface area contributed by atoms with Crippen LogP contribution in [-0.2, 0) is 9.59 Å². The molecule has 2 N–H and O–H groups in total. The molecule has 0 unspecified atom stereocenters. The summed E-state index contributed by atoms with van der Waals surface area (Å²) in [6.45, 7) is 3.80. The first-order valence-electron chi connectivity index (χ1n) is 3.51. The summed E-state index contributed by atoms with van der Waals surface area (Å²) in [4.78, 5) is 21.3. The van der Waals surface area contributed by atoms with Gasteiger partial charge in [0.2, 0.25) is 0 Å². The maximum Gasteiger partial charge on any atom is 0.250 e. The third kappa shape index (κ3) is 5.54. The molecule has 64 valence electrons. The molecule has 0 aromatic rings. The van der Waals surface area contributed by atoms with Gasteiger partial charge in [0.25, 0.3) is 5.91 Å². The van der Waals surface area contributed by atoms with Crippen LogP contribution in [0.25, 0.3) is 0 Å². The zero-order valence-corrected chi connectivity index (χ0v) is 6.76. The maximum absolute atomic E-state index is 10.9. The lowest BCUT2D eigenvalue weighted by atomic mass is 10.1. The van der Waals surface area contributed by atoms with E-state index in [1.54, 1.807) is 0 Å². The van der Waals surface area contributed by atoms with Gasteiger partial charge in [-0.1, -0.05) is 13.8 Å². The average molecular weight is 159 g/mol. The molecule has 0 spiro atoms. The van der Waals surface area contributed by atoms with Gasteiger partial charge in [0.05, 0.1) is 6.42 Å². The highest BCUT2D eigenvalue weighted by Gasteiger charge is 2.09. The largest absolute Gasteiger partial charge is 0.299 e. The second-order valence-electron chi connectivity index (χ2n) is 2.85. The zero-order valence-electron chi connectivity index (χ0n) is 6.76. The van der Waals surface area contributed by atoms with Crippen LogP contribution in [0.3, 0.4) is 0 Å². The number of nitrogens with one attached hydrogen (secondary N) is 1. The summed E-state index contributed by atoms with van der Waals surface area (Å²) in [6.07, 6.45) is 0.155. The number of ketones is 1. The van der Waals surface area contributed by atoms with Crippen molar-refractivity contribution in [1.82, 2.24) is 5.48 Å². The van der Waals surface area contributed by atoms with E-state index < -0.39 is 5.91 Å². The Labute approximate surface area is 65.6 Å². The third-order valence-electron chi connectivity index (χ3n) is 1.12. The topological polar surface area (TPSA) is 66.4 Å². The van der Waals surface area contributed by atoms with Crippen LogP contribution in [0.15, 0.2) is 0 Å². The molecule has 0 heterocycles. The lowest BCUT2D eigenvalue weighted by molar-refractivity contribution is -0.134. The van der Waals surface area contributed by atoms with Crippen LogP contribution in [0.2, 0.25) is 0 Å². The predicted molar refractivity (Wildman–Crippen MR) is 39.0 cm³/mol. The number of rotatable bonds is 4. The van der Waals surface area contributed by atoms with Crippen molar-refractivity contribution in [3.63, 3.8) is 0 Å². The van der Waals surface area contributed by atoms with Crippen molar-refractivity contribution < 1.29 is 14.8 Å². The first kappa shape index (κ1) is 10.1. The average Bonchev–Trinajstić information content (AvgIpc) is 1.85. The summed E-state index contributed by atoms with van der Waals surface area (Å²) in [7, 11) is 0. The molecule has 0 radical (unpaired) electrons. The molecular weight excluding hydrogens is 146 g/mol. The van der Waals surface area contributed by atoms with Crippen molar-refractivity contribution >= 4 is 11.7 Å². The van der Waals surface area contributed by atoms with Gasteiger partial charge in [0, 0.05) is 6.42 Å². The Hall–Kier alpha value is -0.900. The minimum Gasteiger partial charge on any atom is -0.299 e. The second kappa shape index (κ2) is 4.85. The van der Waals surface area contributed by atoms with Crippen molar-refractivity contribution in [3.05, 3.63) is 0 Å². The summed E-state index contributed by atoms with van der Waals surface area (Å²) >= 11 is 0. The molecule has 0 aliphatic heterocycles. The fraction of sp³-hybridized carbons (Fsp3) is 0.714. The Morgan fingerprint density at radius 2 is 2.00 bits per heavy atom.